The van der Waals surface area contributed by atoms with Gasteiger partial charge in [-0.3, -0.25) is 9.59 Å². The number of hydrogen-bond donors (Lipinski definition) is 2. The summed E-state index contributed by atoms with van der Waals surface area (Å²) in [5.74, 6) is 0.114. The molecule has 80 valence electrons. The lowest BCUT2D eigenvalue weighted by Crippen LogP contribution is -2.57. The number of piperazine rings is 1. The molecule has 2 unspecified atom stereocenters. The number of nitrogens with one attached hydrogen (secondary N) is 1. The molecule has 2 atom stereocenters. The lowest BCUT2D eigenvalue weighted by Gasteiger charge is -2.32. The fourth-order valence-corrected chi connectivity index (χ4v) is 1.48. The van der Waals surface area contributed by atoms with Crippen molar-refractivity contribution in [2.45, 2.75) is 19.9 Å². The number of carbonyl (C=O) groups is 2. The summed E-state index contributed by atoms with van der Waals surface area (Å²) in [7, 11) is 0. The highest BCUT2D eigenvalue weighted by molar-refractivity contribution is 5.94. The van der Waals surface area contributed by atoms with Crippen LogP contribution in [-0.4, -0.2) is 42.4 Å². The fraction of sp³-hybridized carbons (Fsp3) is 0.778. The van der Waals surface area contributed by atoms with Crippen LogP contribution in [-0.2, 0) is 9.59 Å². The van der Waals surface area contributed by atoms with Gasteiger partial charge in [-0.25, -0.2) is 0 Å². The molecule has 1 heterocycles. The maximum absolute atomic E-state index is 11.6. The van der Waals surface area contributed by atoms with Crippen molar-refractivity contribution in [2.24, 2.45) is 11.7 Å². The summed E-state index contributed by atoms with van der Waals surface area (Å²) in [4.78, 5) is 24.3. The van der Waals surface area contributed by atoms with Crippen LogP contribution in [0.4, 0.5) is 0 Å². The molecule has 1 aliphatic heterocycles. The number of hydrogen-bond acceptors (Lipinski definition) is 3. The zero-order valence-corrected chi connectivity index (χ0v) is 8.62. The third-order valence-corrected chi connectivity index (χ3v) is 2.33. The standard InChI is InChI=1S/C9H17N3O2/c1-6(3-10)4-12-5-8(13)11-7(2)9(12)14/h6-7H,3-5,10H2,1-2H3,(H,11,13). The molecule has 14 heavy (non-hydrogen) atoms. The molecule has 0 aromatic heterocycles. The van der Waals surface area contributed by atoms with Crippen LogP contribution in [0.15, 0.2) is 0 Å². The Morgan fingerprint density at radius 3 is 2.86 bits per heavy atom. The van der Waals surface area contributed by atoms with Gasteiger partial charge < -0.3 is 16.0 Å². The van der Waals surface area contributed by atoms with Crippen LogP contribution in [0.25, 0.3) is 0 Å². The Labute approximate surface area is 83.6 Å². The van der Waals surface area contributed by atoms with Gasteiger partial charge in [0.2, 0.25) is 11.8 Å². The van der Waals surface area contributed by atoms with E-state index in [2.05, 4.69) is 5.32 Å². The molecule has 0 aromatic carbocycles. The van der Waals surface area contributed by atoms with E-state index < -0.39 is 6.04 Å². The molecule has 1 saturated heterocycles. The van der Waals surface area contributed by atoms with Gasteiger partial charge in [-0.2, -0.15) is 0 Å². The van der Waals surface area contributed by atoms with Crippen molar-refractivity contribution < 1.29 is 9.59 Å². The Morgan fingerprint density at radius 2 is 2.29 bits per heavy atom. The largest absolute Gasteiger partial charge is 0.343 e. The summed E-state index contributed by atoms with van der Waals surface area (Å²) >= 11 is 0. The van der Waals surface area contributed by atoms with Gasteiger partial charge >= 0.3 is 0 Å². The van der Waals surface area contributed by atoms with Crippen molar-refractivity contribution in [1.82, 2.24) is 10.2 Å². The molecule has 1 aliphatic rings. The zero-order valence-electron chi connectivity index (χ0n) is 8.62. The van der Waals surface area contributed by atoms with E-state index in [1.807, 2.05) is 6.92 Å². The third kappa shape index (κ3) is 2.45. The maximum atomic E-state index is 11.6. The minimum absolute atomic E-state index is 0.0232. The minimum atomic E-state index is -0.402. The summed E-state index contributed by atoms with van der Waals surface area (Å²) in [6.45, 7) is 4.91. The van der Waals surface area contributed by atoms with Gasteiger partial charge in [0, 0.05) is 6.54 Å². The van der Waals surface area contributed by atoms with Crippen molar-refractivity contribution in [2.75, 3.05) is 19.6 Å². The van der Waals surface area contributed by atoms with E-state index in [0.717, 1.165) is 0 Å². The quantitative estimate of drug-likeness (QED) is 0.607. The molecule has 0 spiro atoms. The van der Waals surface area contributed by atoms with Gasteiger partial charge in [0.15, 0.2) is 0 Å². The summed E-state index contributed by atoms with van der Waals surface area (Å²) in [5, 5.41) is 2.59. The Balaban J connectivity index is 2.58. The van der Waals surface area contributed by atoms with Crippen LogP contribution in [0.3, 0.4) is 0 Å². The highest BCUT2D eigenvalue weighted by Gasteiger charge is 2.29. The van der Waals surface area contributed by atoms with Crippen molar-refractivity contribution in [1.29, 1.82) is 0 Å². The smallest absolute Gasteiger partial charge is 0.245 e. The van der Waals surface area contributed by atoms with E-state index in [-0.39, 0.29) is 24.3 Å². The summed E-state index contributed by atoms with van der Waals surface area (Å²) in [5.41, 5.74) is 5.47. The van der Waals surface area contributed by atoms with Crippen LogP contribution < -0.4 is 11.1 Å². The molecule has 1 fully saturated rings. The van der Waals surface area contributed by atoms with Crippen LogP contribution in [0.1, 0.15) is 13.8 Å². The zero-order chi connectivity index (χ0) is 10.7. The molecule has 3 N–H and O–H groups in total. The lowest BCUT2D eigenvalue weighted by atomic mass is 10.1. The summed E-state index contributed by atoms with van der Waals surface area (Å²) < 4.78 is 0. The first-order valence-electron chi connectivity index (χ1n) is 4.82. The predicted molar refractivity (Wildman–Crippen MR) is 52.4 cm³/mol. The highest BCUT2D eigenvalue weighted by atomic mass is 16.2. The molecular formula is C9H17N3O2. The monoisotopic (exact) mass is 199 g/mol. The first-order chi connectivity index (χ1) is 6.54. The molecular weight excluding hydrogens is 182 g/mol. The van der Waals surface area contributed by atoms with Crippen LogP contribution in [0, 0.1) is 5.92 Å². The Kier molecular flexibility index (Phi) is 3.46. The van der Waals surface area contributed by atoms with Crippen molar-refractivity contribution in [3.63, 3.8) is 0 Å². The second kappa shape index (κ2) is 4.41. The first-order valence-corrected chi connectivity index (χ1v) is 4.82. The number of nitrogens with zero attached hydrogens (tertiary/aromatic N) is 1. The Hall–Kier alpha value is -1.10. The van der Waals surface area contributed by atoms with E-state index in [4.69, 9.17) is 5.73 Å². The van der Waals surface area contributed by atoms with Crippen molar-refractivity contribution in [3.05, 3.63) is 0 Å². The highest BCUT2D eigenvalue weighted by Crippen LogP contribution is 2.05. The molecule has 5 nitrogen and oxygen atoms in total. The van der Waals surface area contributed by atoms with Crippen molar-refractivity contribution in [3.8, 4) is 0 Å². The number of carbonyl (C=O) groups excluding carboxylic acids is 2. The van der Waals surface area contributed by atoms with Gasteiger partial charge in [-0.05, 0) is 19.4 Å². The average molecular weight is 199 g/mol. The summed E-state index contributed by atoms with van der Waals surface area (Å²) in [6, 6.07) is -0.402. The molecule has 0 radical (unpaired) electrons. The molecule has 2 amide bonds. The molecule has 0 saturated carbocycles. The van der Waals surface area contributed by atoms with Gasteiger partial charge in [0.05, 0.1) is 6.54 Å². The van der Waals surface area contributed by atoms with Crippen molar-refractivity contribution >= 4 is 11.8 Å². The van der Waals surface area contributed by atoms with E-state index in [1.54, 1.807) is 11.8 Å². The van der Waals surface area contributed by atoms with Gasteiger partial charge in [0.25, 0.3) is 0 Å². The van der Waals surface area contributed by atoms with E-state index in [0.29, 0.717) is 13.1 Å². The Bertz CT molecular complexity index is 242. The second-order valence-corrected chi connectivity index (χ2v) is 3.85. The van der Waals surface area contributed by atoms with E-state index >= 15 is 0 Å². The van der Waals surface area contributed by atoms with E-state index in [1.165, 1.54) is 0 Å². The SMILES string of the molecule is CC(CN)CN1CC(=O)NC(C)C1=O. The molecule has 0 aliphatic carbocycles. The van der Waals surface area contributed by atoms with E-state index in [9.17, 15) is 9.59 Å². The average Bonchev–Trinajstić information content (AvgIpc) is 2.13. The van der Waals surface area contributed by atoms with Gasteiger partial charge in [-0.15, -0.1) is 0 Å². The Morgan fingerprint density at radius 1 is 1.64 bits per heavy atom. The fourth-order valence-electron chi connectivity index (χ4n) is 1.48. The normalized spacial score (nSPS) is 24.8. The predicted octanol–water partition coefficient (Wildman–Crippen LogP) is -1.07. The van der Waals surface area contributed by atoms with Crippen LogP contribution in [0.2, 0.25) is 0 Å². The summed E-state index contributed by atoms with van der Waals surface area (Å²) in [6.07, 6.45) is 0. The second-order valence-electron chi connectivity index (χ2n) is 3.85. The van der Waals surface area contributed by atoms with Gasteiger partial charge in [0.1, 0.15) is 6.04 Å². The maximum Gasteiger partial charge on any atom is 0.245 e. The number of amides is 2. The first kappa shape index (κ1) is 11.0. The topological polar surface area (TPSA) is 75.4 Å². The molecule has 5 heteroatoms. The molecule has 0 aromatic rings. The lowest BCUT2D eigenvalue weighted by molar-refractivity contribution is -0.144. The number of rotatable bonds is 3. The van der Waals surface area contributed by atoms with Crippen LogP contribution >= 0.6 is 0 Å². The molecule has 0 bridgehead atoms. The number of nitrogens with two attached hydrogens (primary N) is 1. The minimum Gasteiger partial charge on any atom is -0.343 e. The van der Waals surface area contributed by atoms with Crippen LogP contribution in [0.5, 0.6) is 0 Å². The third-order valence-electron chi connectivity index (χ3n) is 2.33. The molecule has 1 rings (SSSR count). The van der Waals surface area contributed by atoms with Gasteiger partial charge in [-0.1, -0.05) is 6.92 Å².